The zero-order valence-electron chi connectivity index (χ0n) is 9.78. The predicted octanol–water partition coefficient (Wildman–Crippen LogP) is 3.38. The lowest BCUT2D eigenvalue weighted by Crippen LogP contribution is -2.40. The maximum absolute atomic E-state index is 5.81. The quantitative estimate of drug-likeness (QED) is 0.687. The summed E-state index contributed by atoms with van der Waals surface area (Å²) in [7, 11) is -0.171. The molecule has 0 spiro atoms. The van der Waals surface area contributed by atoms with Crippen LogP contribution in [0.5, 0.6) is 11.5 Å². The van der Waals surface area contributed by atoms with Crippen molar-refractivity contribution < 1.29 is 9.31 Å². The van der Waals surface area contributed by atoms with E-state index in [1.165, 1.54) is 0 Å². The van der Waals surface area contributed by atoms with Crippen molar-refractivity contribution >= 4 is 7.12 Å². The van der Waals surface area contributed by atoms with Crippen molar-refractivity contribution in [2.24, 2.45) is 5.92 Å². The normalized spacial score (nSPS) is 14.9. The van der Waals surface area contributed by atoms with Crippen molar-refractivity contribution in [3.8, 4) is 11.5 Å². The highest BCUT2D eigenvalue weighted by Gasteiger charge is 2.48. The molecule has 0 fully saturated rings. The molecule has 15 heavy (non-hydrogen) atoms. The number of hydrogen-bond donors (Lipinski definition) is 0. The van der Waals surface area contributed by atoms with Gasteiger partial charge < -0.3 is 9.31 Å². The molecule has 0 saturated heterocycles. The van der Waals surface area contributed by atoms with Gasteiger partial charge >= 0.3 is 7.12 Å². The minimum Gasteiger partial charge on any atom is -0.523 e. The van der Waals surface area contributed by atoms with E-state index in [1.807, 2.05) is 24.3 Å². The average molecular weight is 204 g/mol. The first-order valence-corrected chi connectivity index (χ1v) is 5.44. The van der Waals surface area contributed by atoms with Crippen LogP contribution in [0, 0.1) is 5.92 Å². The third-order valence-electron chi connectivity index (χ3n) is 3.41. The van der Waals surface area contributed by atoms with Gasteiger partial charge in [0.15, 0.2) is 0 Å². The van der Waals surface area contributed by atoms with Crippen molar-refractivity contribution in [2.75, 3.05) is 0 Å². The van der Waals surface area contributed by atoms with Crippen molar-refractivity contribution in [3.63, 3.8) is 0 Å². The maximum atomic E-state index is 5.81. The van der Waals surface area contributed by atoms with Crippen molar-refractivity contribution in [1.29, 1.82) is 0 Å². The van der Waals surface area contributed by atoms with Gasteiger partial charge in [-0.1, -0.05) is 39.8 Å². The van der Waals surface area contributed by atoms with Gasteiger partial charge in [0.05, 0.1) is 0 Å². The van der Waals surface area contributed by atoms with Crippen LogP contribution in [0.4, 0.5) is 0 Å². The molecule has 80 valence electrons. The highest BCUT2D eigenvalue weighted by atomic mass is 16.6. The van der Waals surface area contributed by atoms with Crippen LogP contribution in [-0.2, 0) is 0 Å². The topological polar surface area (TPSA) is 18.5 Å². The van der Waals surface area contributed by atoms with Crippen molar-refractivity contribution in [2.45, 2.75) is 33.0 Å². The molecule has 0 saturated carbocycles. The number of benzene rings is 1. The Hall–Kier alpha value is -1.12. The molecule has 0 bridgehead atoms. The molecule has 1 aromatic rings. The molecule has 1 heterocycles. The molecule has 1 aliphatic heterocycles. The van der Waals surface area contributed by atoms with E-state index in [9.17, 15) is 0 Å². The molecule has 3 heteroatoms. The monoisotopic (exact) mass is 204 g/mol. The Labute approximate surface area is 91.7 Å². The van der Waals surface area contributed by atoms with Gasteiger partial charge in [-0.05, 0) is 18.1 Å². The number of hydrogen-bond acceptors (Lipinski definition) is 2. The van der Waals surface area contributed by atoms with Gasteiger partial charge in [0.1, 0.15) is 11.5 Å². The van der Waals surface area contributed by atoms with E-state index in [1.54, 1.807) is 0 Å². The SMILES string of the molecule is CC(C)C(C)(C)B1Oc2ccccc2O1. The van der Waals surface area contributed by atoms with Gasteiger partial charge in [0.25, 0.3) is 0 Å². The first-order chi connectivity index (χ1) is 7.01. The second-order valence-corrected chi connectivity index (χ2v) is 4.99. The predicted molar refractivity (Wildman–Crippen MR) is 62.3 cm³/mol. The molecule has 1 aliphatic rings. The zero-order valence-corrected chi connectivity index (χ0v) is 9.78. The number of fused-ring (bicyclic) bond motifs is 1. The molecule has 2 rings (SSSR count). The Kier molecular flexibility index (Phi) is 2.41. The van der Waals surface area contributed by atoms with E-state index in [0.717, 1.165) is 11.5 Å². The fraction of sp³-hybridized carbons (Fsp3) is 0.500. The van der Waals surface area contributed by atoms with Gasteiger partial charge in [-0.15, -0.1) is 0 Å². The van der Waals surface area contributed by atoms with E-state index >= 15 is 0 Å². The lowest BCUT2D eigenvalue weighted by atomic mass is 9.54. The van der Waals surface area contributed by atoms with Crippen LogP contribution in [0.25, 0.3) is 0 Å². The Morgan fingerprint density at radius 1 is 1.07 bits per heavy atom. The van der Waals surface area contributed by atoms with Gasteiger partial charge in [0, 0.05) is 5.31 Å². The zero-order chi connectivity index (χ0) is 11.1. The van der Waals surface area contributed by atoms with E-state index < -0.39 is 0 Å². The summed E-state index contributed by atoms with van der Waals surface area (Å²) in [6.07, 6.45) is 0. The highest BCUT2D eigenvalue weighted by Crippen LogP contribution is 2.44. The molecule has 0 amide bonds. The smallest absolute Gasteiger partial charge is 0.523 e. The Morgan fingerprint density at radius 3 is 1.93 bits per heavy atom. The Balaban J connectivity index is 2.20. The minimum absolute atomic E-state index is 0.0129. The number of rotatable bonds is 2. The molecule has 0 aromatic heterocycles. The molecule has 1 aromatic carbocycles. The Morgan fingerprint density at radius 2 is 1.53 bits per heavy atom. The Bertz CT molecular complexity index is 335. The van der Waals surface area contributed by atoms with Crippen LogP contribution in [-0.4, -0.2) is 7.12 Å². The third-order valence-corrected chi connectivity index (χ3v) is 3.41. The van der Waals surface area contributed by atoms with E-state index in [0.29, 0.717) is 5.92 Å². The standard InChI is InChI=1S/C12H17BO2/c1-9(2)12(3,4)13-14-10-7-5-6-8-11(10)15-13/h5-9H,1-4H3. The summed E-state index contributed by atoms with van der Waals surface area (Å²) in [4.78, 5) is 0. The second-order valence-electron chi connectivity index (χ2n) is 4.99. The summed E-state index contributed by atoms with van der Waals surface area (Å²) in [6.45, 7) is 8.73. The first-order valence-electron chi connectivity index (χ1n) is 5.44. The summed E-state index contributed by atoms with van der Waals surface area (Å²) < 4.78 is 11.6. The summed E-state index contributed by atoms with van der Waals surface area (Å²) in [5.41, 5.74) is 0. The first kappa shape index (κ1) is 10.4. The molecule has 0 atom stereocenters. The minimum atomic E-state index is -0.171. The van der Waals surface area contributed by atoms with E-state index in [4.69, 9.17) is 9.31 Å². The van der Waals surface area contributed by atoms with Crippen LogP contribution < -0.4 is 9.31 Å². The maximum Gasteiger partial charge on any atom is 0.601 e. The summed E-state index contributed by atoms with van der Waals surface area (Å²) in [5, 5.41) is 0.0129. The third kappa shape index (κ3) is 1.71. The van der Waals surface area contributed by atoms with Gasteiger partial charge in [-0.3, -0.25) is 0 Å². The molecule has 2 nitrogen and oxygen atoms in total. The van der Waals surface area contributed by atoms with E-state index in [2.05, 4.69) is 27.7 Å². The molecule has 0 unspecified atom stereocenters. The van der Waals surface area contributed by atoms with Crippen LogP contribution >= 0.6 is 0 Å². The lowest BCUT2D eigenvalue weighted by Gasteiger charge is -2.29. The average Bonchev–Trinajstić information content (AvgIpc) is 2.61. The lowest BCUT2D eigenvalue weighted by molar-refractivity contribution is 0.362. The highest BCUT2D eigenvalue weighted by molar-refractivity contribution is 6.51. The van der Waals surface area contributed by atoms with Crippen LogP contribution in [0.1, 0.15) is 27.7 Å². The van der Waals surface area contributed by atoms with Gasteiger partial charge in [-0.25, -0.2) is 0 Å². The number of para-hydroxylation sites is 2. The largest absolute Gasteiger partial charge is 0.601 e. The fourth-order valence-corrected chi connectivity index (χ4v) is 1.48. The van der Waals surface area contributed by atoms with Crippen LogP contribution in [0.15, 0.2) is 24.3 Å². The second kappa shape index (κ2) is 3.48. The summed E-state index contributed by atoms with van der Waals surface area (Å²) >= 11 is 0. The molecule has 0 radical (unpaired) electrons. The molecular weight excluding hydrogens is 187 g/mol. The molecule has 0 aliphatic carbocycles. The molecular formula is C12H17BO2. The van der Waals surface area contributed by atoms with Gasteiger partial charge in [0.2, 0.25) is 0 Å². The fourth-order valence-electron chi connectivity index (χ4n) is 1.48. The van der Waals surface area contributed by atoms with Crippen molar-refractivity contribution in [1.82, 2.24) is 0 Å². The van der Waals surface area contributed by atoms with Crippen molar-refractivity contribution in [3.05, 3.63) is 24.3 Å². The summed E-state index contributed by atoms with van der Waals surface area (Å²) in [5.74, 6) is 2.23. The van der Waals surface area contributed by atoms with Gasteiger partial charge in [-0.2, -0.15) is 0 Å². The molecule has 0 N–H and O–H groups in total. The van der Waals surface area contributed by atoms with Crippen LogP contribution in [0.3, 0.4) is 0 Å². The van der Waals surface area contributed by atoms with E-state index in [-0.39, 0.29) is 12.4 Å². The van der Waals surface area contributed by atoms with Crippen LogP contribution in [0.2, 0.25) is 5.31 Å². The summed E-state index contributed by atoms with van der Waals surface area (Å²) in [6, 6.07) is 7.83.